The molecule has 1 amide bonds. The second kappa shape index (κ2) is 9.74. The van der Waals surface area contributed by atoms with Crippen molar-refractivity contribution in [2.24, 2.45) is 5.92 Å². The van der Waals surface area contributed by atoms with Gasteiger partial charge in [-0.1, -0.05) is 24.6 Å². The van der Waals surface area contributed by atoms with Gasteiger partial charge in [0.1, 0.15) is 5.82 Å². The minimum absolute atomic E-state index is 0.0384. The van der Waals surface area contributed by atoms with Gasteiger partial charge in [-0.25, -0.2) is 9.97 Å². The van der Waals surface area contributed by atoms with Crippen LogP contribution in [0.2, 0.25) is 0 Å². The van der Waals surface area contributed by atoms with Crippen molar-refractivity contribution in [1.82, 2.24) is 14.9 Å². The second-order valence-corrected chi connectivity index (χ2v) is 10.0. The van der Waals surface area contributed by atoms with Gasteiger partial charge in [0.15, 0.2) is 0 Å². The van der Waals surface area contributed by atoms with E-state index >= 15 is 0 Å². The summed E-state index contributed by atoms with van der Waals surface area (Å²) in [5, 5.41) is 4.08. The molecule has 1 N–H and O–H groups in total. The number of nitrogens with zero attached hydrogens (tertiary/aromatic N) is 3. The monoisotopic (exact) mass is 488 g/mol. The van der Waals surface area contributed by atoms with Crippen LogP contribution in [0.1, 0.15) is 46.3 Å². The van der Waals surface area contributed by atoms with Crippen molar-refractivity contribution in [3.63, 3.8) is 0 Å². The van der Waals surface area contributed by atoms with Gasteiger partial charge < -0.3 is 10.2 Å². The number of carbonyl (C=O) groups is 1. The number of hydrogen-bond acceptors (Lipinski definition) is 5. The first-order chi connectivity index (χ1) is 16.1. The van der Waals surface area contributed by atoms with Gasteiger partial charge >= 0.3 is 6.18 Å². The first-order valence-electron chi connectivity index (χ1n) is 11.2. The third-order valence-corrected chi connectivity index (χ3v) is 7.20. The van der Waals surface area contributed by atoms with Gasteiger partial charge in [-0.3, -0.25) is 4.79 Å². The lowest BCUT2D eigenvalue weighted by Gasteiger charge is -2.40. The largest absolute Gasteiger partial charge is 0.417 e. The Morgan fingerprint density at radius 3 is 2.62 bits per heavy atom. The van der Waals surface area contributed by atoms with Crippen LogP contribution in [0.3, 0.4) is 0 Å². The molecule has 2 atom stereocenters. The molecule has 5 nitrogen and oxygen atoms in total. The van der Waals surface area contributed by atoms with Gasteiger partial charge in [0, 0.05) is 36.6 Å². The molecule has 3 heterocycles. The quantitative estimate of drug-likeness (QED) is 0.465. The highest BCUT2D eigenvalue weighted by Gasteiger charge is 2.34. The Balaban J connectivity index is 1.57. The summed E-state index contributed by atoms with van der Waals surface area (Å²) in [5.74, 6) is 0.552. The Morgan fingerprint density at radius 1 is 1.18 bits per heavy atom. The summed E-state index contributed by atoms with van der Waals surface area (Å²) >= 11 is 1.55. The summed E-state index contributed by atoms with van der Waals surface area (Å²) in [5.41, 5.74) is 1.74. The molecule has 1 fully saturated rings. The molecular formula is C25H27F3N4OS. The molecule has 180 valence electrons. The predicted molar refractivity (Wildman–Crippen MR) is 128 cm³/mol. The number of amides is 1. The Bertz CT molecular complexity index is 1160. The number of aromatic nitrogens is 2. The first-order valence-corrected chi connectivity index (χ1v) is 12.1. The number of alkyl halides is 3. The van der Waals surface area contributed by atoms with E-state index in [0.29, 0.717) is 24.5 Å². The van der Waals surface area contributed by atoms with E-state index in [-0.39, 0.29) is 17.9 Å². The summed E-state index contributed by atoms with van der Waals surface area (Å²) in [6.45, 7) is 7.05. The number of piperidine rings is 1. The van der Waals surface area contributed by atoms with Crippen LogP contribution in [-0.2, 0) is 6.18 Å². The number of carbonyl (C=O) groups excluding carboxylic acids is 1. The van der Waals surface area contributed by atoms with Gasteiger partial charge in [-0.2, -0.15) is 13.2 Å². The third-order valence-electron chi connectivity index (χ3n) is 6.25. The smallest absolute Gasteiger partial charge is 0.368 e. The highest BCUT2D eigenvalue weighted by atomic mass is 32.1. The summed E-state index contributed by atoms with van der Waals surface area (Å²) in [6.07, 6.45) is 0.0873. The molecule has 1 aliphatic rings. The fourth-order valence-corrected chi connectivity index (χ4v) is 5.20. The molecule has 1 aliphatic heterocycles. The highest BCUT2D eigenvalue weighted by molar-refractivity contribution is 7.15. The number of nitrogens with one attached hydrogen (secondary N) is 1. The van der Waals surface area contributed by atoms with Crippen LogP contribution < -0.4 is 5.32 Å². The molecule has 34 heavy (non-hydrogen) atoms. The van der Waals surface area contributed by atoms with Crippen LogP contribution in [0, 0.1) is 19.8 Å². The standard InChI is InChI=1S/C25H27F3N4OS/c1-15-6-8-19(22-14-29-17(3)34-22)20(11-15)24(33)32-10-4-5-16(2)21(32)13-31-23-9-7-18(12-30-23)25(26,27)28/h6-9,11-12,14,16,21H,4-5,10,13H2,1-3H3,(H,30,31). The number of hydrogen-bond donors (Lipinski definition) is 1. The lowest BCUT2D eigenvalue weighted by atomic mass is 9.89. The number of aryl methyl sites for hydroxylation is 2. The van der Waals surface area contributed by atoms with Crippen molar-refractivity contribution in [2.45, 2.75) is 45.8 Å². The van der Waals surface area contributed by atoms with Crippen molar-refractivity contribution in [3.05, 3.63) is 64.4 Å². The summed E-state index contributed by atoms with van der Waals surface area (Å²) in [6, 6.07) is 8.12. The van der Waals surface area contributed by atoms with Crippen molar-refractivity contribution in [1.29, 1.82) is 0 Å². The number of thiazole rings is 1. The first kappa shape index (κ1) is 24.2. The minimum Gasteiger partial charge on any atom is -0.368 e. The van der Waals surface area contributed by atoms with Gasteiger partial charge in [0.25, 0.3) is 5.91 Å². The lowest BCUT2D eigenvalue weighted by Crippen LogP contribution is -2.51. The maximum Gasteiger partial charge on any atom is 0.417 e. The summed E-state index contributed by atoms with van der Waals surface area (Å²) < 4.78 is 38.5. The van der Waals surface area contributed by atoms with Crippen LogP contribution >= 0.6 is 11.3 Å². The van der Waals surface area contributed by atoms with Crippen molar-refractivity contribution >= 4 is 23.1 Å². The molecular weight excluding hydrogens is 461 g/mol. The normalized spacial score (nSPS) is 18.7. The van der Waals surface area contributed by atoms with Crippen LogP contribution in [0.5, 0.6) is 0 Å². The zero-order chi connectivity index (χ0) is 24.5. The third kappa shape index (κ3) is 5.24. The van der Waals surface area contributed by atoms with E-state index in [2.05, 4.69) is 22.2 Å². The van der Waals surface area contributed by atoms with Crippen LogP contribution in [0.4, 0.5) is 19.0 Å². The summed E-state index contributed by atoms with van der Waals surface area (Å²) in [7, 11) is 0. The summed E-state index contributed by atoms with van der Waals surface area (Å²) in [4.78, 5) is 24.9. The van der Waals surface area contributed by atoms with E-state index < -0.39 is 11.7 Å². The van der Waals surface area contributed by atoms with E-state index in [1.54, 1.807) is 17.5 Å². The van der Waals surface area contributed by atoms with Crippen molar-refractivity contribution < 1.29 is 18.0 Å². The van der Waals surface area contributed by atoms with E-state index in [4.69, 9.17) is 0 Å². The van der Waals surface area contributed by atoms with Crippen LogP contribution in [-0.4, -0.2) is 39.9 Å². The molecule has 0 bridgehead atoms. The molecule has 0 saturated carbocycles. The van der Waals surface area contributed by atoms with Gasteiger partial charge in [-0.05, 0) is 50.8 Å². The maximum absolute atomic E-state index is 13.8. The minimum atomic E-state index is -4.42. The molecule has 3 aromatic rings. The number of pyridine rings is 1. The Labute approximate surface area is 201 Å². The van der Waals surface area contributed by atoms with Gasteiger partial charge in [0.05, 0.1) is 21.5 Å². The molecule has 0 radical (unpaired) electrons. The fourth-order valence-electron chi connectivity index (χ4n) is 4.38. The van der Waals surface area contributed by atoms with E-state index in [1.165, 1.54) is 6.07 Å². The number of likely N-dealkylation sites (tertiary alicyclic amines) is 1. The SMILES string of the molecule is Cc1ccc(-c2cnc(C)s2)c(C(=O)N2CCCC(C)C2CNc2ccc(C(F)(F)F)cn2)c1. The lowest BCUT2D eigenvalue weighted by molar-refractivity contribution is -0.137. The molecule has 0 aliphatic carbocycles. The molecule has 1 aromatic carbocycles. The van der Waals surface area contributed by atoms with E-state index in [9.17, 15) is 18.0 Å². The molecule has 2 aromatic heterocycles. The van der Waals surface area contributed by atoms with E-state index in [0.717, 1.165) is 46.1 Å². The average molecular weight is 489 g/mol. The highest BCUT2D eigenvalue weighted by Crippen LogP contribution is 2.33. The number of halogens is 3. The predicted octanol–water partition coefficient (Wildman–Crippen LogP) is 6.19. The van der Waals surface area contributed by atoms with Gasteiger partial charge in [0.2, 0.25) is 0 Å². The second-order valence-electron chi connectivity index (χ2n) is 8.79. The maximum atomic E-state index is 13.8. The van der Waals surface area contributed by atoms with Crippen molar-refractivity contribution in [3.8, 4) is 10.4 Å². The number of benzene rings is 1. The molecule has 0 spiro atoms. The fraction of sp³-hybridized carbons (Fsp3) is 0.400. The zero-order valence-electron chi connectivity index (χ0n) is 19.3. The number of anilines is 1. The van der Waals surface area contributed by atoms with Gasteiger partial charge in [-0.15, -0.1) is 11.3 Å². The Kier molecular flexibility index (Phi) is 6.93. The Hall–Kier alpha value is -2.94. The topological polar surface area (TPSA) is 58.1 Å². The zero-order valence-corrected chi connectivity index (χ0v) is 20.1. The van der Waals surface area contributed by atoms with Crippen molar-refractivity contribution in [2.75, 3.05) is 18.4 Å². The molecule has 2 unspecified atom stereocenters. The molecule has 1 saturated heterocycles. The molecule has 4 rings (SSSR count). The van der Waals surface area contributed by atoms with Crippen LogP contribution in [0.15, 0.2) is 42.7 Å². The molecule has 9 heteroatoms. The Morgan fingerprint density at radius 2 is 1.97 bits per heavy atom. The average Bonchev–Trinajstić information content (AvgIpc) is 3.23. The van der Waals surface area contributed by atoms with Crippen LogP contribution in [0.25, 0.3) is 10.4 Å². The van der Waals surface area contributed by atoms with E-state index in [1.807, 2.05) is 36.9 Å². The number of rotatable bonds is 5.